The molecule has 0 fully saturated rings. The van der Waals surface area contributed by atoms with Gasteiger partial charge in [0, 0.05) is 23.0 Å². The van der Waals surface area contributed by atoms with Gasteiger partial charge in [0.2, 0.25) is 0 Å². The molecule has 9 heteroatoms. The summed E-state index contributed by atoms with van der Waals surface area (Å²) in [7, 11) is 0. The zero-order chi connectivity index (χ0) is 17.9. The minimum atomic E-state index is 0.397. The van der Waals surface area contributed by atoms with Crippen molar-refractivity contribution in [2.24, 2.45) is 0 Å². The van der Waals surface area contributed by atoms with Crippen molar-refractivity contribution in [1.82, 2.24) is 20.2 Å². The standard InChI is InChI=1S/C17H15BrClN5O2/c18-11-4-1-2-5-14(11)24-17(21-22-23-24)10-20-13-9-16-15(8-12(13)19)25-6-3-7-26-16/h1-2,4-5,8-9,20H,3,6-7,10H2. The van der Waals surface area contributed by atoms with E-state index in [4.69, 9.17) is 21.1 Å². The van der Waals surface area contributed by atoms with E-state index in [9.17, 15) is 0 Å². The summed E-state index contributed by atoms with van der Waals surface area (Å²) in [5.41, 5.74) is 1.59. The first-order chi connectivity index (χ1) is 12.7. The number of hydrogen-bond acceptors (Lipinski definition) is 6. The lowest BCUT2D eigenvalue weighted by molar-refractivity contribution is 0.297. The average molecular weight is 437 g/mol. The van der Waals surface area contributed by atoms with Gasteiger partial charge in [0.15, 0.2) is 17.3 Å². The second kappa shape index (κ2) is 7.51. The van der Waals surface area contributed by atoms with E-state index in [0.29, 0.717) is 42.1 Å². The lowest BCUT2D eigenvalue weighted by Crippen LogP contribution is -2.09. The molecule has 26 heavy (non-hydrogen) atoms. The minimum absolute atomic E-state index is 0.397. The van der Waals surface area contributed by atoms with Crippen molar-refractivity contribution < 1.29 is 9.47 Å². The third-order valence-corrected chi connectivity index (χ3v) is 4.87. The molecule has 1 aromatic heterocycles. The molecule has 0 spiro atoms. The van der Waals surface area contributed by atoms with Crippen molar-refractivity contribution in [2.75, 3.05) is 18.5 Å². The van der Waals surface area contributed by atoms with Crippen molar-refractivity contribution >= 4 is 33.2 Å². The highest BCUT2D eigenvalue weighted by Gasteiger charge is 2.16. The molecule has 0 amide bonds. The van der Waals surface area contributed by atoms with E-state index in [2.05, 4.69) is 36.8 Å². The van der Waals surface area contributed by atoms with Crippen LogP contribution in [0.3, 0.4) is 0 Å². The van der Waals surface area contributed by atoms with Crippen LogP contribution < -0.4 is 14.8 Å². The Balaban J connectivity index is 1.57. The lowest BCUT2D eigenvalue weighted by atomic mass is 10.2. The Kier molecular flexibility index (Phi) is 4.94. The van der Waals surface area contributed by atoms with E-state index in [1.165, 1.54) is 0 Å². The first-order valence-electron chi connectivity index (χ1n) is 8.07. The second-order valence-electron chi connectivity index (χ2n) is 5.64. The maximum absolute atomic E-state index is 6.37. The number of benzene rings is 2. The third kappa shape index (κ3) is 3.47. The van der Waals surface area contributed by atoms with Crippen LogP contribution in [0.1, 0.15) is 12.2 Å². The highest BCUT2D eigenvalue weighted by molar-refractivity contribution is 9.10. The molecule has 2 heterocycles. The molecule has 7 nitrogen and oxygen atoms in total. The average Bonchev–Trinajstić information content (AvgIpc) is 2.98. The summed E-state index contributed by atoms with van der Waals surface area (Å²) >= 11 is 9.89. The highest BCUT2D eigenvalue weighted by Crippen LogP contribution is 2.37. The van der Waals surface area contributed by atoms with Crippen molar-refractivity contribution in [2.45, 2.75) is 13.0 Å². The quantitative estimate of drug-likeness (QED) is 0.669. The van der Waals surface area contributed by atoms with Crippen LogP contribution in [0.2, 0.25) is 5.02 Å². The van der Waals surface area contributed by atoms with Crippen LogP contribution in [0.15, 0.2) is 40.9 Å². The highest BCUT2D eigenvalue weighted by atomic mass is 79.9. The van der Waals surface area contributed by atoms with E-state index in [1.54, 1.807) is 10.7 Å². The Morgan fingerprint density at radius 1 is 1.15 bits per heavy atom. The van der Waals surface area contributed by atoms with E-state index in [0.717, 1.165) is 22.3 Å². The molecule has 0 saturated carbocycles. The van der Waals surface area contributed by atoms with Crippen LogP contribution >= 0.6 is 27.5 Å². The van der Waals surface area contributed by atoms with Gasteiger partial charge in [0.05, 0.1) is 36.2 Å². The normalized spacial score (nSPS) is 13.3. The van der Waals surface area contributed by atoms with Crippen LogP contribution in [0, 0.1) is 0 Å². The summed E-state index contributed by atoms with van der Waals surface area (Å²) in [6.45, 7) is 1.64. The summed E-state index contributed by atoms with van der Waals surface area (Å²) in [6, 6.07) is 11.4. The van der Waals surface area contributed by atoms with Gasteiger partial charge in [-0.2, -0.15) is 4.68 Å². The van der Waals surface area contributed by atoms with Gasteiger partial charge in [0.25, 0.3) is 0 Å². The second-order valence-corrected chi connectivity index (χ2v) is 6.90. The SMILES string of the molecule is Clc1cc2c(cc1NCc1nnnn1-c1ccccc1Br)OCCCO2. The van der Waals surface area contributed by atoms with Crippen molar-refractivity contribution in [1.29, 1.82) is 0 Å². The van der Waals surface area contributed by atoms with Crippen LogP contribution in [0.5, 0.6) is 11.5 Å². The minimum Gasteiger partial charge on any atom is -0.490 e. The number of tetrazole rings is 1. The van der Waals surface area contributed by atoms with Gasteiger partial charge in [-0.25, -0.2) is 0 Å². The Bertz CT molecular complexity index is 933. The molecule has 134 valence electrons. The first kappa shape index (κ1) is 17.1. The molecule has 2 aromatic carbocycles. The first-order valence-corrected chi connectivity index (χ1v) is 9.24. The zero-order valence-corrected chi connectivity index (χ0v) is 16.0. The number of aromatic nitrogens is 4. The van der Waals surface area contributed by atoms with Gasteiger partial charge >= 0.3 is 0 Å². The fourth-order valence-corrected chi connectivity index (χ4v) is 3.29. The van der Waals surface area contributed by atoms with Crippen LogP contribution in [-0.4, -0.2) is 33.4 Å². The van der Waals surface area contributed by atoms with E-state index >= 15 is 0 Å². The Morgan fingerprint density at radius 3 is 2.73 bits per heavy atom. The molecule has 1 aliphatic rings. The number of nitrogens with one attached hydrogen (secondary N) is 1. The maximum atomic E-state index is 6.37. The molecule has 0 saturated heterocycles. The predicted octanol–water partition coefficient (Wildman–Crippen LogP) is 3.85. The number of rotatable bonds is 4. The number of ether oxygens (including phenoxy) is 2. The molecule has 3 aromatic rings. The fourth-order valence-electron chi connectivity index (χ4n) is 2.62. The monoisotopic (exact) mass is 435 g/mol. The van der Waals surface area contributed by atoms with Crippen LogP contribution in [0.4, 0.5) is 5.69 Å². The van der Waals surface area contributed by atoms with Crippen molar-refractivity contribution in [3.8, 4) is 17.2 Å². The Labute approximate surface area is 163 Å². The number of para-hydroxylation sites is 1. The molecule has 1 N–H and O–H groups in total. The number of nitrogens with zero attached hydrogens (tertiary/aromatic N) is 4. The molecule has 0 unspecified atom stereocenters. The summed E-state index contributed by atoms with van der Waals surface area (Å²) in [6.07, 6.45) is 0.843. The summed E-state index contributed by atoms with van der Waals surface area (Å²) < 4.78 is 13.9. The maximum Gasteiger partial charge on any atom is 0.175 e. The number of halogens is 2. The summed E-state index contributed by atoms with van der Waals surface area (Å²) in [5, 5.41) is 15.8. The van der Waals surface area contributed by atoms with Gasteiger partial charge in [-0.3, -0.25) is 0 Å². The van der Waals surface area contributed by atoms with Gasteiger partial charge < -0.3 is 14.8 Å². The largest absolute Gasteiger partial charge is 0.490 e. The molecule has 0 radical (unpaired) electrons. The Morgan fingerprint density at radius 2 is 1.92 bits per heavy atom. The van der Waals surface area contributed by atoms with Crippen molar-refractivity contribution in [3.63, 3.8) is 0 Å². The summed E-state index contributed by atoms with van der Waals surface area (Å²) in [5.74, 6) is 2.00. The summed E-state index contributed by atoms with van der Waals surface area (Å²) in [4.78, 5) is 0. The third-order valence-electron chi connectivity index (χ3n) is 3.89. The molecule has 0 atom stereocenters. The zero-order valence-electron chi connectivity index (χ0n) is 13.7. The molecule has 4 rings (SSSR count). The van der Waals surface area contributed by atoms with Crippen molar-refractivity contribution in [3.05, 3.63) is 51.7 Å². The van der Waals surface area contributed by atoms with E-state index in [-0.39, 0.29) is 0 Å². The molecule has 0 aliphatic carbocycles. The van der Waals surface area contributed by atoms with Crippen LogP contribution in [0.25, 0.3) is 5.69 Å². The van der Waals surface area contributed by atoms with Crippen LogP contribution in [-0.2, 0) is 6.54 Å². The van der Waals surface area contributed by atoms with Gasteiger partial charge in [-0.05, 0) is 38.5 Å². The molecular weight excluding hydrogens is 422 g/mol. The molecular formula is C17H15BrClN5O2. The Hall–Kier alpha value is -2.32. The van der Waals surface area contributed by atoms with Gasteiger partial charge in [0.1, 0.15) is 0 Å². The lowest BCUT2D eigenvalue weighted by Gasteiger charge is -2.13. The number of fused-ring (bicyclic) bond motifs is 1. The number of anilines is 1. The topological polar surface area (TPSA) is 74.1 Å². The number of hydrogen-bond donors (Lipinski definition) is 1. The van der Waals surface area contributed by atoms with E-state index < -0.39 is 0 Å². The smallest absolute Gasteiger partial charge is 0.175 e. The van der Waals surface area contributed by atoms with E-state index in [1.807, 2.05) is 30.3 Å². The fraction of sp³-hybridized carbons (Fsp3) is 0.235. The molecule has 1 aliphatic heterocycles. The van der Waals surface area contributed by atoms with Gasteiger partial charge in [-0.15, -0.1) is 5.10 Å². The van der Waals surface area contributed by atoms with Gasteiger partial charge in [-0.1, -0.05) is 23.7 Å². The predicted molar refractivity (Wildman–Crippen MR) is 101 cm³/mol. The molecule has 0 bridgehead atoms.